The predicted octanol–water partition coefficient (Wildman–Crippen LogP) is 6.57. The molecule has 2 saturated carbocycles. The average molecular weight is 422 g/mol. The molecular weight excluding hydrogens is 381 g/mol. The van der Waals surface area contributed by atoms with Crippen LogP contribution in [0.2, 0.25) is 0 Å². The Bertz CT molecular complexity index is 626. The summed E-state index contributed by atoms with van der Waals surface area (Å²) < 4.78 is 15.9. The van der Waals surface area contributed by atoms with Crippen molar-refractivity contribution in [2.24, 2.45) is 0 Å². The smallest absolute Gasteiger partial charge is 0.0975 e. The Hall–Kier alpha value is -0.240. The Labute approximate surface area is 177 Å². The first-order valence-corrected chi connectivity index (χ1v) is 14.1. The van der Waals surface area contributed by atoms with Crippen LogP contribution in [-0.4, -0.2) is 20.3 Å². The summed E-state index contributed by atoms with van der Waals surface area (Å²) >= 11 is 0. The third-order valence-corrected chi connectivity index (χ3v) is 11.7. The van der Waals surface area contributed by atoms with Crippen molar-refractivity contribution in [1.29, 1.82) is 0 Å². The molecule has 0 saturated heterocycles. The maximum Gasteiger partial charge on any atom is 0.0975 e. The third kappa shape index (κ3) is 5.67. The molecule has 0 spiro atoms. The van der Waals surface area contributed by atoms with Crippen molar-refractivity contribution in [1.82, 2.24) is 4.72 Å². The maximum absolute atomic E-state index is 12.7. The van der Waals surface area contributed by atoms with Gasteiger partial charge in [0, 0.05) is 6.04 Å². The van der Waals surface area contributed by atoms with E-state index in [4.69, 9.17) is 0 Å². The first-order chi connectivity index (χ1) is 13.4. The average Bonchev–Trinajstić information content (AvgIpc) is 2.69. The van der Waals surface area contributed by atoms with Crippen molar-refractivity contribution in [3.8, 4) is 0 Å². The lowest BCUT2D eigenvalue weighted by atomic mass is 9.99. The molecule has 4 heteroatoms. The first-order valence-electron chi connectivity index (χ1n) is 11.4. The molecule has 1 aromatic carbocycles. The van der Waals surface area contributed by atoms with Crippen molar-refractivity contribution in [3.63, 3.8) is 0 Å². The SMILES string of the molecule is C[C@H](NS(=O)C(C)(C)C)c1ccccc1P(C1CCCCC1)C1CCCCC1. The fourth-order valence-corrected chi connectivity index (χ4v) is 9.75. The first kappa shape index (κ1) is 22.4. The van der Waals surface area contributed by atoms with Crippen LogP contribution >= 0.6 is 7.92 Å². The quantitative estimate of drug-likeness (QED) is 0.517. The molecule has 1 aromatic rings. The van der Waals surface area contributed by atoms with E-state index < -0.39 is 11.0 Å². The zero-order valence-corrected chi connectivity index (χ0v) is 20.1. The van der Waals surface area contributed by atoms with Gasteiger partial charge in [0.05, 0.1) is 15.7 Å². The lowest BCUT2D eigenvalue weighted by molar-refractivity contribution is 0.487. The molecule has 0 heterocycles. The van der Waals surface area contributed by atoms with Crippen molar-refractivity contribution >= 4 is 24.2 Å². The van der Waals surface area contributed by atoms with E-state index in [1.165, 1.54) is 69.8 Å². The molecule has 3 rings (SSSR count). The minimum absolute atomic E-state index is 0.133. The van der Waals surface area contributed by atoms with Crippen LogP contribution in [0.25, 0.3) is 0 Å². The van der Waals surface area contributed by atoms with Gasteiger partial charge in [-0.05, 0) is 75.6 Å². The summed E-state index contributed by atoms with van der Waals surface area (Å²) in [4.78, 5) is 0. The van der Waals surface area contributed by atoms with E-state index in [-0.39, 0.29) is 18.7 Å². The fraction of sp³-hybridized carbons (Fsp3) is 0.750. The predicted molar refractivity (Wildman–Crippen MR) is 126 cm³/mol. The number of rotatable bonds is 6. The van der Waals surface area contributed by atoms with Crippen LogP contribution in [0.3, 0.4) is 0 Å². The molecule has 0 amide bonds. The van der Waals surface area contributed by atoms with Crippen molar-refractivity contribution in [2.75, 3.05) is 0 Å². The highest BCUT2D eigenvalue weighted by Crippen LogP contribution is 2.55. The lowest BCUT2D eigenvalue weighted by Crippen LogP contribution is -2.37. The molecule has 0 aliphatic heterocycles. The van der Waals surface area contributed by atoms with E-state index in [9.17, 15) is 4.21 Å². The molecule has 0 aromatic heterocycles. The second kappa shape index (κ2) is 10.2. The molecule has 2 aliphatic rings. The van der Waals surface area contributed by atoms with Crippen LogP contribution in [0.1, 0.15) is 104 Å². The van der Waals surface area contributed by atoms with Crippen LogP contribution in [0, 0.1) is 0 Å². The van der Waals surface area contributed by atoms with Gasteiger partial charge in [-0.15, -0.1) is 0 Å². The highest BCUT2D eigenvalue weighted by atomic mass is 32.2. The van der Waals surface area contributed by atoms with Crippen LogP contribution in [-0.2, 0) is 11.0 Å². The van der Waals surface area contributed by atoms with E-state index in [1.807, 2.05) is 20.8 Å². The lowest BCUT2D eigenvalue weighted by Gasteiger charge is -2.40. The summed E-state index contributed by atoms with van der Waals surface area (Å²) in [6.07, 6.45) is 14.2. The van der Waals surface area contributed by atoms with Gasteiger partial charge in [0.1, 0.15) is 0 Å². The van der Waals surface area contributed by atoms with E-state index in [0.717, 1.165) is 11.3 Å². The van der Waals surface area contributed by atoms with E-state index >= 15 is 0 Å². The summed E-state index contributed by atoms with van der Waals surface area (Å²) in [7, 11) is -1.18. The van der Waals surface area contributed by atoms with Gasteiger partial charge in [0.2, 0.25) is 0 Å². The van der Waals surface area contributed by atoms with Gasteiger partial charge in [-0.3, -0.25) is 0 Å². The Morgan fingerprint density at radius 3 is 1.93 bits per heavy atom. The van der Waals surface area contributed by atoms with Gasteiger partial charge in [0.15, 0.2) is 0 Å². The van der Waals surface area contributed by atoms with Crippen LogP contribution in [0.5, 0.6) is 0 Å². The summed E-state index contributed by atoms with van der Waals surface area (Å²) in [6, 6.07) is 9.27. The molecule has 2 aliphatic carbocycles. The zero-order chi connectivity index (χ0) is 20.1. The number of benzene rings is 1. The molecule has 0 radical (unpaired) electrons. The second-order valence-electron chi connectivity index (χ2n) is 9.77. The summed E-state index contributed by atoms with van der Waals surface area (Å²) in [5.74, 6) is 0. The highest BCUT2D eigenvalue weighted by Gasteiger charge is 2.34. The fourth-order valence-electron chi connectivity index (χ4n) is 4.90. The van der Waals surface area contributed by atoms with Crippen LogP contribution in [0.4, 0.5) is 0 Å². The van der Waals surface area contributed by atoms with Crippen molar-refractivity contribution in [2.45, 2.75) is 114 Å². The Morgan fingerprint density at radius 2 is 1.43 bits per heavy atom. The van der Waals surface area contributed by atoms with E-state index in [2.05, 4.69) is 35.9 Å². The zero-order valence-electron chi connectivity index (χ0n) is 18.4. The molecular formula is C24H40NOPS. The normalized spacial score (nSPS) is 22.3. The second-order valence-corrected chi connectivity index (χ2v) is 14.5. The van der Waals surface area contributed by atoms with Crippen LogP contribution in [0.15, 0.2) is 24.3 Å². The largest absolute Gasteiger partial charge is 0.242 e. The maximum atomic E-state index is 12.7. The minimum Gasteiger partial charge on any atom is -0.242 e. The number of hydrogen-bond donors (Lipinski definition) is 1. The van der Waals surface area contributed by atoms with Gasteiger partial charge in [-0.25, -0.2) is 8.93 Å². The molecule has 2 nitrogen and oxygen atoms in total. The highest BCUT2D eigenvalue weighted by molar-refractivity contribution is 7.84. The van der Waals surface area contributed by atoms with Gasteiger partial charge in [-0.2, -0.15) is 0 Å². The summed E-state index contributed by atoms with van der Waals surface area (Å²) in [5.41, 5.74) is 3.20. The Balaban J connectivity index is 1.90. The molecule has 0 bridgehead atoms. The Kier molecular flexibility index (Phi) is 8.16. The van der Waals surface area contributed by atoms with Gasteiger partial charge in [-0.1, -0.05) is 70.7 Å². The monoisotopic (exact) mass is 421 g/mol. The molecule has 1 N–H and O–H groups in total. The minimum atomic E-state index is -1.04. The molecule has 158 valence electrons. The number of nitrogens with one attached hydrogen (secondary N) is 1. The summed E-state index contributed by atoms with van der Waals surface area (Å²) in [6.45, 7) is 8.35. The number of hydrogen-bond acceptors (Lipinski definition) is 1. The molecule has 2 fully saturated rings. The van der Waals surface area contributed by atoms with Crippen molar-refractivity contribution in [3.05, 3.63) is 29.8 Å². The van der Waals surface area contributed by atoms with Gasteiger partial charge >= 0.3 is 0 Å². The van der Waals surface area contributed by atoms with Gasteiger partial charge < -0.3 is 0 Å². The molecule has 28 heavy (non-hydrogen) atoms. The van der Waals surface area contributed by atoms with Gasteiger partial charge in [0.25, 0.3) is 0 Å². The van der Waals surface area contributed by atoms with E-state index in [0.29, 0.717) is 0 Å². The topological polar surface area (TPSA) is 29.1 Å². The molecule has 2 atom stereocenters. The molecule has 1 unspecified atom stereocenters. The third-order valence-electron chi connectivity index (χ3n) is 6.46. The van der Waals surface area contributed by atoms with E-state index in [1.54, 1.807) is 5.30 Å². The Morgan fingerprint density at radius 1 is 0.929 bits per heavy atom. The standard InChI is InChI=1S/C24H40NOPS/c1-19(25-28(26)24(2,3)4)22-17-11-12-18-23(22)27(20-13-7-5-8-14-20)21-15-9-6-10-16-21/h11-12,17-21,25H,5-10,13-16H2,1-4H3/t19-,28?/m0/s1. The van der Waals surface area contributed by atoms with Crippen molar-refractivity contribution < 1.29 is 4.21 Å². The summed E-state index contributed by atoms with van der Waals surface area (Å²) in [5, 5.41) is 1.61. The van der Waals surface area contributed by atoms with Crippen LogP contribution < -0.4 is 10.0 Å².